The van der Waals surface area contributed by atoms with Gasteiger partial charge in [-0.05, 0) is 6.42 Å². The summed E-state index contributed by atoms with van der Waals surface area (Å²) in [5.74, 6) is 0. The van der Waals surface area contributed by atoms with E-state index in [0.29, 0.717) is 6.42 Å². The van der Waals surface area contributed by atoms with Crippen LogP contribution in [0.2, 0.25) is 0 Å². The molecule has 0 unspecified atom stereocenters. The summed E-state index contributed by atoms with van der Waals surface area (Å²) < 4.78 is 0. The normalized spacial score (nSPS) is 12.0. The molecule has 0 aromatic carbocycles. The van der Waals surface area contributed by atoms with Gasteiger partial charge in [0.1, 0.15) is 6.54 Å². The van der Waals surface area contributed by atoms with Gasteiger partial charge in [-0.25, -0.2) is 0 Å². The summed E-state index contributed by atoms with van der Waals surface area (Å²) in [6.07, 6.45) is 14.5. The van der Waals surface area contributed by atoms with Crippen LogP contribution < -0.4 is 0 Å². The Morgan fingerprint density at radius 2 is 1.00 bits per heavy atom. The van der Waals surface area contributed by atoms with Gasteiger partial charge in [0.25, 0.3) is 0 Å². The van der Waals surface area contributed by atoms with E-state index in [1.54, 1.807) is 0 Å². The molecule has 0 aliphatic carbocycles. The average molecular weight is 261 g/mol. The lowest BCUT2D eigenvalue weighted by molar-refractivity contribution is -1.21. The second kappa shape index (κ2) is 11.9. The summed E-state index contributed by atoms with van der Waals surface area (Å²) in [6.45, 7) is 2.13. The Morgan fingerprint density at radius 1 is 0.667 bits per heavy atom. The van der Waals surface area contributed by atoms with Crippen LogP contribution in [0.3, 0.4) is 0 Å². The molecule has 0 aliphatic heterocycles. The third-order valence-electron chi connectivity index (χ3n) is 3.30. The first-order valence-electron chi connectivity index (χ1n) is 7.61. The molecule has 0 aromatic heterocycles. The minimum absolute atomic E-state index is 0.114. The topological polar surface area (TPSA) is 63.5 Å². The fourth-order valence-corrected chi connectivity index (χ4v) is 2.16. The molecular weight excluding hydrogens is 230 g/mol. The lowest BCUT2D eigenvalue weighted by atomic mass is 10.1. The van der Waals surface area contributed by atoms with Gasteiger partial charge in [0.2, 0.25) is 0 Å². The number of hydrogen-bond donors (Lipinski definition) is 2. The first-order valence-corrected chi connectivity index (χ1v) is 7.61. The van der Waals surface area contributed by atoms with E-state index in [4.69, 9.17) is 10.4 Å². The van der Waals surface area contributed by atoms with E-state index >= 15 is 0 Å². The Kier molecular flexibility index (Phi) is 11.8. The van der Waals surface area contributed by atoms with Gasteiger partial charge in [-0.2, -0.15) is 10.4 Å². The van der Waals surface area contributed by atoms with Gasteiger partial charge in [-0.3, -0.25) is 0 Å². The third-order valence-corrected chi connectivity index (χ3v) is 3.30. The van der Waals surface area contributed by atoms with Crippen molar-refractivity contribution in [2.75, 3.05) is 6.54 Å². The molecular formula is C14H31NO3. The molecule has 4 heteroatoms. The molecule has 0 heterocycles. The fraction of sp³-hybridized carbons (Fsp3) is 1.00. The van der Waals surface area contributed by atoms with Gasteiger partial charge in [-0.15, -0.1) is 0 Å². The van der Waals surface area contributed by atoms with Gasteiger partial charge in [0, 0.05) is 6.42 Å². The number of rotatable bonds is 13. The number of unbranched alkanes of at least 4 members (excludes halogenated alkanes) is 11. The van der Waals surface area contributed by atoms with E-state index in [9.17, 15) is 5.21 Å². The van der Waals surface area contributed by atoms with Gasteiger partial charge < -0.3 is 5.21 Å². The fourth-order valence-electron chi connectivity index (χ4n) is 2.16. The standard InChI is InChI=1S/C14H31NO3/c1-2-3-4-5-6-7-8-9-10-11-12-13-14-15(16,17)18/h16-17H,2-14H2,1H3. The molecule has 0 bridgehead atoms. The van der Waals surface area contributed by atoms with Crippen molar-refractivity contribution in [2.24, 2.45) is 0 Å². The van der Waals surface area contributed by atoms with Crippen molar-refractivity contribution < 1.29 is 15.4 Å². The highest BCUT2D eigenvalue weighted by molar-refractivity contribution is 4.48. The molecule has 2 N–H and O–H groups in total. The summed E-state index contributed by atoms with van der Waals surface area (Å²) in [6, 6.07) is 0. The van der Waals surface area contributed by atoms with Crippen LogP contribution in [-0.4, -0.2) is 21.9 Å². The predicted octanol–water partition coefficient (Wildman–Crippen LogP) is 4.78. The van der Waals surface area contributed by atoms with E-state index < -0.39 is 4.97 Å². The van der Waals surface area contributed by atoms with Crippen molar-refractivity contribution in [2.45, 2.75) is 84.0 Å². The van der Waals surface area contributed by atoms with Crippen molar-refractivity contribution in [3.8, 4) is 0 Å². The quantitative estimate of drug-likeness (QED) is 0.285. The highest BCUT2D eigenvalue weighted by atomic mass is 17.1. The lowest BCUT2D eigenvalue weighted by Crippen LogP contribution is -2.34. The maximum Gasteiger partial charge on any atom is 0.142 e. The molecule has 4 nitrogen and oxygen atoms in total. The zero-order chi connectivity index (χ0) is 13.7. The minimum atomic E-state index is -2.13. The summed E-state index contributed by atoms with van der Waals surface area (Å²) in [5.41, 5.74) is 0. The zero-order valence-corrected chi connectivity index (χ0v) is 11.9. The summed E-state index contributed by atoms with van der Waals surface area (Å²) >= 11 is 0. The van der Waals surface area contributed by atoms with Crippen LogP contribution in [0.25, 0.3) is 0 Å². The highest BCUT2D eigenvalue weighted by Gasteiger charge is 2.06. The SMILES string of the molecule is CCCCCCCCCCCCCC[N+]([O-])(O)O. The van der Waals surface area contributed by atoms with Crippen LogP contribution in [0.5, 0.6) is 0 Å². The molecule has 0 saturated heterocycles. The van der Waals surface area contributed by atoms with Gasteiger partial charge in [0.05, 0.1) is 0 Å². The summed E-state index contributed by atoms with van der Waals surface area (Å²) in [7, 11) is 0. The Bertz CT molecular complexity index is 169. The Morgan fingerprint density at radius 3 is 1.33 bits per heavy atom. The zero-order valence-electron chi connectivity index (χ0n) is 11.9. The van der Waals surface area contributed by atoms with Crippen LogP contribution in [0, 0.1) is 5.21 Å². The van der Waals surface area contributed by atoms with Crippen molar-refractivity contribution in [3.63, 3.8) is 0 Å². The van der Waals surface area contributed by atoms with Crippen molar-refractivity contribution >= 4 is 0 Å². The smallest absolute Gasteiger partial charge is 0.142 e. The molecule has 0 rings (SSSR count). The van der Waals surface area contributed by atoms with E-state index in [1.165, 1.54) is 57.8 Å². The van der Waals surface area contributed by atoms with Crippen LogP contribution >= 0.6 is 0 Å². The Labute approximate surface area is 112 Å². The monoisotopic (exact) mass is 261 g/mol. The molecule has 18 heavy (non-hydrogen) atoms. The highest BCUT2D eigenvalue weighted by Crippen LogP contribution is 2.12. The molecule has 0 atom stereocenters. The molecule has 0 saturated carbocycles. The number of hydroxylamine groups is 3. The molecule has 0 aliphatic rings. The third kappa shape index (κ3) is 15.8. The van der Waals surface area contributed by atoms with E-state index in [2.05, 4.69) is 6.92 Å². The number of quaternary nitrogens is 1. The van der Waals surface area contributed by atoms with Crippen molar-refractivity contribution in [3.05, 3.63) is 5.21 Å². The Balaban J connectivity index is 2.99. The van der Waals surface area contributed by atoms with Crippen molar-refractivity contribution in [1.29, 1.82) is 0 Å². The predicted molar refractivity (Wildman–Crippen MR) is 73.1 cm³/mol. The molecule has 0 radical (unpaired) electrons. The lowest BCUT2D eigenvalue weighted by Gasteiger charge is -2.23. The molecule has 0 fully saturated rings. The maximum absolute atomic E-state index is 10.4. The second-order valence-electron chi connectivity index (χ2n) is 5.28. The molecule has 0 aromatic rings. The van der Waals surface area contributed by atoms with Crippen LogP contribution in [0.15, 0.2) is 0 Å². The van der Waals surface area contributed by atoms with Crippen LogP contribution in [0.1, 0.15) is 84.0 Å². The van der Waals surface area contributed by atoms with Gasteiger partial charge >= 0.3 is 0 Å². The van der Waals surface area contributed by atoms with Gasteiger partial charge in [0.15, 0.2) is 0 Å². The minimum Gasteiger partial charge on any atom is -0.564 e. The summed E-state index contributed by atoms with van der Waals surface area (Å²) in [5, 5.41) is 27.5. The van der Waals surface area contributed by atoms with E-state index in [1.807, 2.05) is 0 Å². The largest absolute Gasteiger partial charge is 0.564 e. The van der Waals surface area contributed by atoms with E-state index in [-0.39, 0.29) is 6.54 Å². The molecule has 0 amide bonds. The van der Waals surface area contributed by atoms with Crippen LogP contribution in [0.4, 0.5) is 0 Å². The van der Waals surface area contributed by atoms with Crippen LogP contribution in [-0.2, 0) is 0 Å². The Hall–Kier alpha value is -0.160. The molecule has 110 valence electrons. The first kappa shape index (κ1) is 17.8. The average Bonchev–Trinajstić information content (AvgIpc) is 2.29. The van der Waals surface area contributed by atoms with Gasteiger partial charge in [-0.1, -0.05) is 76.1 Å². The van der Waals surface area contributed by atoms with E-state index in [0.717, 1.165) is 12.8 Å². The molecule has 0 spiro atoms. The first-order chi connectivity index (χ1) is 8.56. The number of hydrogen-bond acceptors (Lipinski definition) is 3. The number of nitrogens with zero attached hydrogens (tertiary/aromatic N) is 1. The van der Waals surface area contributed by atoms with Crippen molar-refractivity contribution in [1.82, 2.24) is 0 Å². The maximum atomic E-state index is 10.4. The second-order valence-corrected chi connectivity index (χ2v) is 5.28. The summed E-state index contributed by atoms with van der Waals surface area (Å²) in [4.78, 5) is -2.13.